The molecular weight excluding hydrogens is 228 g/mol. The smallest absolute Gasteiger partial charge is 0.408 e. The molecule has 4 nitrogen and oxygen atoms in total. The van der Waals surface area contributed by atoms with E-state index >= 15 is 0 Å². The molecule has 2 rings (SSSR count). The number of hydrogen-bond donors (Lipinski definition) is 1. The Balaban J connectivity index is 2.02. The van der Waals surface area contributed by atoms with Gasteiger partial charge in [0.1, 0.15) is 0 Å². The van der Waals surface area contributed by atoms with E-state index in [1.807, 2.05) is 25.2 Å². The predicted octanol–water partition coefficient (Wildman–Crippen LogP) is 2.61. The van der Waals surface area contributed by atoms with E-state index in [0.29, 0.717) is 6.54 Å². The summed E-state index contributed by atoms with van der Waals surface area (Å²) in [5.41, 5.74) is 1.22. The summed E-state index contributed by atoms with van der Waals surface area (Å²) in [5, 5.41) is 9.22. The van der Waals surface area contributed by atoms with Crippen molar-refractivity contribution in [1.29, 1.82) is 0 Å². The van der Waals surface area contributed by atoms with Crippen molar-refractivity contribution in [3.8, 4) is 0 Å². The van der Waals surface area contributed by atoms with Gasteiger partial charge in [-0.15, -0.1) is 0 Å². The van der Waals surface area contributed by atoms with Crippen molar-refractivity contribution in [3.05, 3.63) is 35.9 Å². The molecule has 1 atom stereocenters. The van der Waals surface area contributed by atoms with Crippen molar-refractivity contribution in [1.82, 2.24) is 9.80 Å². The lowest BCUT2D eigenvalue weighted by Crippen LogP contribution is -2.51. The highest BCUT2D eigenvalue weighted by atomic mass is 16.4. The molecule has 1 aromatic rings. The topological polar surface area (TPSA) is 43.8 Å². The van der Waals surface area contributed by atoms with Gasteiger partial charge < -0.3 is 5.11 Å². The molecule has 1 fully saturated rings. The molecule has 1 aliphatic heterocycles. The molecule has 1 saturated heterocycles. The summed E-state index contributed by atoms with van der Waals surface area (Å²) in [4.78, 5) is 14.9. The van der Waals surface area contributed by atoms with E-state index in [-0.39, 0.29) is 6.17 Å². The zero-order valence-corrected chi connectivity index (χ0v) is 10.7. The Morgan fingerprint density at radius 1 is 1.39 bits per heavy atom. The number of carboxylic acid groups (broad SMARTS) is 1. The quantitative estimate of drug-likeness (QED) is 0.894. The summed E-state index contributed by atoms with van der Waals surface area (Å²) in [6.45, 7) is 1.44. The molecule has 0 aromatic heterocycles. The van der Waals surface area contributed by atoms with Gasteiger partial charge in [0.25, 0.3) is 0 Å². The Morgan fingerprint density at radius 2 is 2.11 bits per heavy atom. The van der Waals surface area contributed by atoms with Crippen LogP contribution in [0.2, 0.25) is 0 Å². The number of hydrogen-bond acceptors (Lipinski definition) is 2. The molecule has 0 bridgehead atoms. The summed E-state index contributed by atoms with van der Waals surface area (Å²) in [5.74, 6) is 0. The van der Waals surface area contributed by atoms with Crippen LogP contribution < -0.4 is 0 Å². The monoisotopic (exact) mass is 248 g/mol. The van der Waals surface area contributed by atoms with Crippen LogP contribution in [0.15, 0.2) is 30.3 Å². The second kappa shape index (κ2) is 5.87. The summed E-state index contributed by atoms with van der Waals surface area (Å²) >= 11 is 0. The number of piperidine rings is 1. The number of rotatable bonds is 3. The Labute approximate surface area is 108 Å². The fraction of sp³-hybridized carbons (Fsp3) is 0.500. The summed E-state index contributed by atoms with van der Waals surface area (Å²) in [6.07, 6.45) is 2.21. The second-order valence-corrected chi connectivity index (χ2v) is 4.85. The van der Waals surface area contributed by atoms with Gasteiger partial charge in [0.15, 0.2) is 0 Å². The van der Waals surface area contributed by atoms with E-state index in [1.54, 1.807) is 4.90 Å². The minimum absolute atomic E-state index is 0.0106. The second-order valence-electron chi connectivity index (χ2n) is 4.85. The lowest BCUT2D eigenvalue weighted by molar-refractivity contribution is 0.0299. The minimum atomic E-state index is -0.806. The van der Waals surface area contributed by atoms with E-state index in [9.17, 15) is 9.90 Å². The molecule has 0 saturated carbocycles. The molecule has 1 heterocycles. The van der Waals surface area contributed by atoms with Crippen LogP contribution in [-0.2, 0) is 6.54 Å². The van der Waals surface area contributed by atoms with Gasteiger partial charge in [-0.2, -0.15) is 0 Å². The number of carbonyl (C=O) groups is 1. The first-order chi connectivity index (χ1) is 8.68. The maximum absolute atomic E-state index is 11.2. The minimum Gasteiger partial charge on any atom is -0.465 e. The first kappa shape index (κ1) is 12.9. The van der Waals surface area contributed by atoms with Crippen LogP contribution in [0.3, 0.4) is 0 Å². The molecule has 18 heavy (non-hydrogen) atoms. The standard InChI is InChI=1S/C14H20N2O2/c1-15(11-12-7-3-2-4-8-12)13-9-5-6-10-16(13)14(17)18/h2-4,7-8,13H,5-6,9-11H2,1H3,(H,17,18). The molecule has 0 spiro atoms. The van der Waals surface area contributed by atoms with Crippen LogP contribution in [0.5, 0.6) is 0 Å². The van der Waals surface area contributed by atoms with E-state index in [0.717, 1.165) is 25.8 Å². The average molecular weight is 248 g/mol. The van der Waals surface area contributed by atoms with Gasteiger partial charge in [0, 0.05) is 13.1 Å². The SMILES string of the molecule is CN(Cc1ccccc1)C1CCCCN1C(=O)O. The Bertz CT molecular complexity index is 394. The Hall–Kier alpha value is -1.55. The van der Waals surface area contributed by atoms with Crippen LogP contribution in [0.25, 0.3) is 0 Å². The predicted molar refractivity (Wildman–Crippen MR) is 70.3 cm³/mol. The lowest BCUT2D eigenvalue weighted by Gasteiger charge is -2.39. The fourth-order valence-corrected chi connectivity index (χ4v) is 2.57. The van der Waals surface area contributed by atoms with Crippen LogP contribution in [0.1, 0.15) is 24.8 Å². The third-order valence-electron chi connectivity index (χ3n) is 3.50. The maximum Gasteiger partial charge on any atom is 0.408 e. The van der Waals surface area contributed by atoms with Gasteiger partial charge >= 0.3 is 6.09 Å². The van der Waals surface area contributed by atoms with E-state index in [1.165, 1.54) is 5.56 Å². The van der Waals surface area contributed by atoms with Gasteiger partial charge in [-0.05, 0) is 31.9 Å². The molecule has 1 amide bonds. The highest BCUT2D eigenvalue weighted by Gasteiger charge is 2.29. The summed E-state index contributed by atoms with van der Waals surface area (Å²) in [7, 11) is 2.00. The zero-order valence-electron chi connectivity index (χ0n) is 10.7. The van der Waals surface area contributed by atoms with Gasteiger partial charge in [-0.1, -0.05) is 30.3 Å². The molecule has 0 aliphatic carbocycles. The van der Waals surface area contributed by atoms with Crippen molar-refractivity contribution < 1.29 is 9.90 Å². The molecule has 0 radical (unpaired) electrons. The Morgan fingerprint density at radius 3 is 2.78 bits per heavy atom. The Kier molecular flexibility index (Phi) is 4.20. The number of amides is 1. The van der Waals surface area contributed by atoms with E-state index in [2.05, 4.69) is 17.0 Å². The van der Waals surface area contributed by atoms with Crippen molar-refractivity contribution in [3.63, 3.8) is 0 Å². The van der Waals surface area contributed by atoms with Crippen LogP contribution >= 0.6 is 0 Å². The first-order valence-electron chi connectivity index (χ1n) is 6.42. The van der Waals surface area contributed by atoms with Crippen LogP contribution in [-0.4, -0.2) is 40.8 Å². The molecular formula is C14H20N2O2. The first-order valence-corrected chi connectivity index (χ1v) is 6.42. The van der Waals surface area contributed by atoms with Crippen molar-refractivity contribution in [2.75, 3.05) is 13.6 Å². The van der Waals surface area contributed by atoms with Crippen LogP contribution in [0, 0.1) is 0 Å². The molecule has 4 heteroatoms. The summed E-state index contributed by atoms with van der Waals surface area (Å²) < 4.78 is 0. The molecule has 1 unspecified atom stereocenters. The van der Waals surface area contributed by atoms with E-state index in [4.69, 9.17) is 0 Å². The molecule has 1 N–H and O–H groups in total. The largest absolute Gasteiger partial charge is 0.465 e. The third-order valence-corrected chi connectivity index (χ3v) is 3.50. The van der Waals surface area contributed by atoms with Gasteiger partial charge in [0.2, 0.25) is 0 Å². The average Bonchev–Trinajstić information content (AvgIpc) is 2.40. The highest BCUT2D eigenvalue weighted by molar-refractivity contribution is 5.65. The number of nitrogens with zero attached hydrogens (tertiary/aromatic N) is 2. The van der Waals surface area contributed by atoms with Crippen molar-refractivity contribution in [2.45, 2.75) is 32.0 Å². The van der Waals surface area contributed by atoms with Crippen molar-refractivity contribution >= 4 is 6.09 Å². The molecule has 1 aliphatic rings. The highest BCUT2D eigenvalue weighted by Crippen LogP contribution is 2.20. The maximum atomic E-state index is 11.2. The summed E-state index contributed by atoms with van der Waals surface area (Å²) in [6, 6.07) is 10.2. The van der Waals surface area contributed by atoms with Gasteiger partial charge in [-0.3, -0.25) is 9.80 Å². The van der Waals surface area contributed by atoms with Gasteiger partial charge in [-0.25, -0.2) is 4.79 Å². The lowest BCUT2D eigenvalue weighted by atomic mass is 10.1. The normalized spacial score (nSPS) is 20.1. The zero-order chi connectivity index (χ0) is 13.0. The fourth-order valence-electron chi connectivity index (χ4n) is 2.57. The number of benzene rings is 1. The van der Waals surface area contributed by atoms with E-state index < -0.39 is 6.09 Å². The third kappa shape index (κ3) is 3.01. The van der Waals surface area contributed by atoms with Gasteiger partial charge in [0.05, 0.1) is 6.17 Å². The molecule has 98 valence electrons. The van der Waals surface area contributed by atoms with Crippen LogP contribution in [0.4, 0.5) is 4.79 Å². The number of likely N-dealkylation sites (tertiary alicyclic amines) is 1. The molecule has 1 aromatic carbocycles. The van der Waals surface area contributed by atoms with Crippen molar-refractivity contribution in [2.24, 2.45) is 0 Å².